The maximum absolute atomic E-state index is 9.60. The van der Waals surface area contributed by atoms with Crippen LogP contribution in [-0.4, -0.2) is 34.8 Å². The third-order valence-electron chi connectivity index (χ3n) is 2.58. The number of aliphatic hydroxyl groups is 1. The van der Waals surface area contributed by atoms with Crippen molar-refractivity contribution in [2.24, 2.45) is 0 Å². The standard InChI is InChI=1S/C7H13NOS/c9-6-1-3-8-7(6)2-4-10-5-7/h6,8-9H,1-5H2/t6-,7+/m1/s1. The highest BCUT2D eigenvalue weighted by Gasteiger charge is 2.43. The van der Waals surface area contributed by atoms with E-state index in [1.54, 1.807) is 0 Å². The van der Waals surface area contributed by atoms with E-state index in [0.29, 0.717) is 0 Å². The van der Waals surface area contributed by atoms with Crippen molar-refractivity contribution in [2.75, 3.05) is 18.1 Å². The Morgan fingerprint density at radius 2 is 2.50 bits per heavy atom. The predicted molar refractivity (Wildman–Crippen MR) is 43.3 cm³/mol. The normalized spacial score (nSPS) is 47.1. The van der Waals surface area contributed by atoms with E-state index in [-0.39, 0.29) is 11.6 Å². The molecule has 1 spiro atoms. The van der Waals surface area contributed by atoms with Crippen LogP contribution in [0.3, 0.4) is 0 Å². The van der Waals surface area contributed by atoms with Crippen LogP contribution >= 0.6 is 11.8 Å². The quantitative estimate of drug-likeness (QED) is 0.530. The summed E-state index contributed by atoms with van der Waals surface area (Å²) in [6.45, 7) is 1.00. The van der Waals surface area contributed by atoms with Crippen molar-refractivity contribution in [1.29, 1.82) is 0 Å². The molecule has 0 amide bonds. The van der Waals surface area contributed by atoms with Gasteiger partial charge in [0.1, 0.15) is 0 Å². The fourth-order valence-electron chi connectivity index (χ4n) is 1.83. The van der Waals surface area contributed by atoms with Gasteiger partial charge in [0.05, 0.1) is 11.6 Å². The Labute approximate surface area is 65.4 Å². The van der Waals surface area contributed by atoms with Crippen molar-refractivity contribution in [3.63, 3.8) is 0 Å². The van der Waals surface area contributed by atoms with Crippen LogP contribution in [-0.2, 0) is 0 Å². The fraction of sp³-hybridized carbons (Fsp3) is 1.00. The van der Waals surface area contributed by atoms with Gasteiger partial charge in [0, 0.05) is 5.75 Å². The van der Waals surface area contributed by atoms with Crippen LogP contribution < -0.4 is 5.32 Å². The number of rotatable bonds is 0. The molecule has 58 valence electrons. The molecule has 0 aromatic heterocycles. The first-order chi connectivity index (χ1) is 4.83. The Kier molecular flexibility index (Phi) is 1.66. The van der Waals surface area contributed by atoms with E-state index in [0.717, 1.165) is 25.1 Å². The van der Waals surface area contributed by atoms with Crippen LogP contribution in [0.5, 0.6) is 0 Å². The van der Waals surface area contributed by atoms with Gasteiger partial charge in [-0.05, 0) is 25.1 Å². The summed E-state index contributed by atoms with van der Waals surface area (Å²) in [5, 5.41) is 13.0. The molecule has 2 rings (SSSR count). The summed E-state index contributed by atoms with van der Waals surface area (Å²) in [4.78, 5) is 0. The Bertz CT molecular complexity index is 128. The minimum absolute atomic E-state index is 0.0810. The van der Waals surface area contributed by atoms with Gasteiger partial charge in [0.2, 0.25) is 0 Å². The Morgan fingerprint density at radius 1 is 1.60 bits per heavy atom. The summed E-state index contributed by atoms with van der Waals surface area (Å²) in [6.07, 6.45) is 2.02. The lowest BCUT2D eigenvalue weighted by molar-refractivity contribution is 0.112. The second-order valence-electron chi connectivity index (χ2n) is 3.19. The lowest BCUT2D eigenvalue weighted by Gasteiger charge is -2.26. The number of thioether (sulfide) groups is 1. The molecular weight excluding hydrogens is 146 g/mol. The Morgan fingerprint density at radius 3 is 3.00 bits per heavy atom. The third-order valence-corrected chi connectivity index (χ3v) is 3.80. The molecule has 2 aliphatic rings. The lowest BCUT2D eigenvalue weighted by atomic mass is 9.94. The maximum Gasteiger partial charge on any atom is 0.0742 e. The van der Waals surface area contributed by atoms with E-state index in [1.165, 1.54) is 5.75 Å². The van der Waals surface area contributed by atoms with Gasteiger partial charge >= 0.3 is 0 Å². The molecule has 0 saturated carbocycles. The summed E-state index contributed by atoms with van der Waals surface area (Å²) in [5.41, 5.74) is 0.116. The maximum atomic E-state index is 9.60. The minimum atomic E-state index is -0.0810. The summed E-state index contributed by atoms with van der Waals surface area (Å²) >= 11 is 1.95. The van der Waals surface area contributed by atoms with Gasteiger partial charge in [0.15, 0.2) is 0 Å². The molecule has 0 bridgehead atoms. The van der Waals surface area contributed by atoms with Crippen molar-refractivity contribution >= 4 is 11.8 Å². The Balaban J connectivity index is 2.11. The second-order valence-corrected chi connectivity index (χ2v) is 4.30. The molecule has 0 unspecified atom stereocenters. The summed E-state index contributed by atoms with van der Waals surface area (Å²) in [7, 11) is 0. The molecule has 2 aliphatic heterocycles. The van der Waals surface area contributed by atoms with Crippen molar-refractivity contribution in [3.8, 4) is 0 Å². The molecule has 0 aliphatic carbocycles. The number of hydrogen-bond acceptors (Lipinski definition) is 3. The van der Waals surface area contributed by atoms with Crippen LogP contribution in [0, 0.1) is 0 Å². The summed E-state index contributed by atoms with van der Waals surface area (Å²) in [6, 6.07) is 0. The van der Waals surface area contributed by atoms with Crippen LogP contribution in [0.25, 0.3) is 0 Å². The van der Waals surface area contributed by atoms with Crippen molar-refractivity contribution in [1.82, 2.24) is 5.32 Å². The van der Waals surface area contributed by atoms with Gasteiger partial charge in [0.25, 0.3) is 0 Å². The zero-order chi connectivity index (χ0) is 7.03. The van der Waals surface area contributed by atoms with E-state index in [4.69, 9.17) is 0 Å². The average molecular weight is 159 g/mol. The summed E-state index contributed by atoms with van der Waals surface area (Å²) < 4.78 is 0. The highest BCUT2D eigenvalue weighted by molar-refractivity contribution is 7.99. The molecule has 2 atom stereocenters. The first-order valence-electron chi connectivity index (χ1n) is 3.84. The lowest BCUT2D eigenvalue weighted by Crippen LogP contribution is -2.47. The van der Waals surface area contributed by atoms with Gasteiger partial charge in [-0.3, -0.25) is 0 Å². The first kappa shape index (κ1) is 6.95. The number of aliphatic hydroxyl groups excluding tert-OH is 1. The van der Waals surface area contributed by atoms with Crippen molar-refractivity contribution in [2.45, 2.75) is 24.5 Å². The molecule has 2 fully saturated rings. The Hall–Kier alpha value is 0.270. The topological polar surface area (TPSA) is 32.3 Å². The zero-order valence-corrected chi connectivity index (χ0v) is 6.78. The third kappa shape index (κ3) is 0.881. The van der Waals surface area contributed by atoms with Gasteiger partial charge in [-0.2, -0.15) is 11.8 Å². The highest BCUT2D eigenvalue weighted by atomic mass is 32.2. The van der Waals surface area contributed by atoms with Crippen LogP contribution in [0.4, 0.5) is 0 Å². The van der Waals surface area contributed by atoms with E-state index in [1.807, 2.05) is 11.8 Å². The SMILES string of the molecule is O[C@@H]1CCN[C@]12CCSC2. The van der Waals surface area contributed by atoms with Gasteiger partial charge in [-0.1, -0.05) is 0 Å². The molecular formula is C7H13NOS. The van der Waals surface area contributed by atoms with Crippen LogP contribution in [0.1, 0.15) is 12.8 Å². The van der Waals surface area contributed by atoms with E-state index < -0.39 is 0 Å². The first-order valence-corrected chi connectivity index (χ1v) is 5.00. The fourth-order valence-corrected chi connectivity index (χ4v) is 3.29. The van der Waals surface area contributed by atoms with Crippen molar-refractivity contribution < 1.29 is 5.11 Å². The molecule has 0 aromatic carbocycles. The molecule has 2 N–H and O–H groups in total. The average Bonchev–Trinajstić information content (AvgIpc) is 2.48. The largest absolute Gasteiger partial charge is 0.391 e. The minimum Gasteiger partial charge on any atom is -0.391 e. The number of hydrogen-bond donors (Lipinski definition) is 2. The van der Waals surface area contributed by atoms with Gasteiger partial charge in [-0.25, -0.2) is 0 Å². The molecule has 3 heteroatoms. The zero-order valence-electron chi connectivity index (χ0n) is 5.97. The van der Waals surface area contributed by atoms with E-state index in [2.05, 4.69) is 5.32 Å². The predicted octanol–water partition coefficient (Wildman–Crippen LogP) is 0.216. The number of nitrogens with one attached hydrogen (secondary N) is 1. The molecule has 0 radical (unpaired) electrons. The monoisotopic (exact) mass is 159 g/mol. The molecule has 2 nitrogen and oxygen atoms in total. The van der Waals surface area contributed by atoms with Crippen molar-refractivity contribution in [3.05, 3.63) is 0 Å². The molecule has 10 heavy (non-hydrogen) atoms. The molecule has 2 saturated heterocycles. The molecule has 2 heterocycles. The highest BCUT2D eigenvalue weighted by Crippen LogP contribution is 2.34. The van der Waals surface area contributed by atoms with Gasteiger partial charge < -0.3 is 10.4 Å². The van der Waals surface area contributed by atoms with E-state index in [9.17, 15) is 5.11 Å². The van der Waals surface area contributed by atoms with Crippen LogP contribution in [0.15, 0.2) is 0 Å². The smallest absolute Gasteiger partial charge is 0.0742 e. The van der Waals surface area contributed by atoms with E-state index >= 15 is 0 Å². The van der Waals surface area contributed by atoms with Crippen LogP contribution in [0.2, 0.25) is 0 Å². The summed E-state index contributed by atoms with van der Waals surface area (Å²) in [5.74, 6) is 2.32. The second kappa shape index (κ2) is 2.40. The molecule has 0 aromatic rings. The van der Waals surface area contributed by atoms with Gasteiger partial charge in [-0.15, -0.1) is 0 Å².